The van der Waals surface area contributed by atoms with Crippen molar-refractivity contribution >= 4 is 10.8 Å². The van der Waals surface area contributed by atoms with Crippen molar-refractivity contribution in [3.8, 4) is 0 Å². The number of benzene rings is 2. The van der Waals surface area contributed by atoms with Gasteiger partial charge in [-0.25, -0.2) is 0 Å². The topological polar surface area (TPSA) is 29.3 Å². The third-order valence-corrected chi connectivity index (χ3v) is 4.87. The molecule has 1 aliphatic heterocycles. The summed E-state index contributed by atoms with van der Waals surface area (Å²) in [5.41, 5.74) is 7.95. The highest BCUT2D eigenvalue weighted by molar-refractivity contribution is 5.86. The van der Waals surface area contributed by atoms with Gasteiger partial charge in [-0.15, -0.1) is 0 Å². The Balaban J connectivity index is 1.82. The Morgan fingerprint density at radius 2 is 1.75 bits per heavy atom. The van der Waals surface area contributed by atoms with Crippen LogP contribution < -0.4 is 5.73 Å². The summed E-state index contributed by atoms with van der Waals surface area (Å²) >= 11 is 0. The number of nitrogens with zero attached hydrogens (tertiary/aromatic N) is 1. The first kappa shape index (κ1) is 12.4. The van der Waals surface area contributed by atoms with Gasteiger partial charge >= 0.3 is 0 Å². The molecule has 0 bridgehead atoms. The van der Waals surface area contributed by atoms with Gasteiger partial charge in [0.15, 0.2) is 0 Å². The Morgan fingerprint density at radius 3 is 2.60 bits per heavy atom. The molecule has 4 rings (SSSR count). The van der Waals surface area contributed by atoms with Crippen molar-refractivity contribution in [3.05, 3.63) is 48.0 Å². The molecule has 0 aromatic heterocycles. The standard InChI is InChI=1S/C18H22N2/c19-17-9-4-12-20(14-10-11-14)18(17)16-8-3-6-13-5-1-2-7-15(13)16/h1-3,5-8,14,17-18H,4,9-12,19H2. The molecule has 2 aromatic carbocycles. The Bertz CT molecular complexity index is 612. The van der Waals surface area contributed by atoms with Gasteiger partial charge in [-0.2, -0.15) is 0 Å². The summed E-state index contributed by atoms with van der Waals surface area (Å²) < 4.78 is 0. The van der Waals surface area contributed by atoms with E-state index in [-0.39, 0.29) is 6.04 Å². The highest BCUT2D eigenvalue weighted by atomic mass is 15.2. The van der Waals surface area contributed by atoms with E-state index in [1.165, 1.54) is 42.1 Å². The molecular weight excluding hydrogens is 244 g/mol. The van der Waals surface area contributed by atoms with Crippen LogP contribution in [0.3, 0.4) is 0 Å². The summed E-state index contributed by atoms with van der Waals surface area (Å²) in [6.07, 6.45) is 5.11. The average molecular weight is 266 g/mol. The fourth-order valence-electron chi connectivity index (χ4n) is 3.79. The summed E-state index contributed by atoms with van der Waals surface area (Å²) in [4.78, 5) is 2.68. The van der Waals surface area contributed by atoms with Gasteiger partial charge < -0.3 is 5.73 Å². The molecule has 0 spiro atoms. The van der Waals surface area contributed by atoms with Gasteiger partial charge in [-0.3, -0.25) is 4.90 Å². The quantitative estimate of drug-likeness (QED) is 0.902. The summed E-state index contributed by atoms with van der Waals surface area (Å²) in [5, 5.41) is 2.71. The van der Waals surface area contributed by atoms with Crippen LogP contribution in [0.2, 0.25) is 0 Å². The lowest BCUT2D eigenvalue weighted by Gasteiger charge is -2.41. The number of hydrogen-bond acceptors (Lipinski definition) is 2. The number of fused-ring (bicyclic) bond motifs is 1. The minimum absolute atomic E-state index is 0.273. The molecule has 20 heavy (non-hydrogen) atoms. The van der Waals surface area contributed by atoms with E-state index >= 15 is 0 Å². The first-order valence-electron chi connectivity index (χ1n) is 7.83. The average Bonchev–Trinajstić information content (AvgIpc) is 3.31. The highest BCUT2D eigenvalue weighted by Crippen LogP contribution is 2.41. The smallest absolute Gasteiger partial charge is 0.0508 e. The van der Waals surface area contributed by atoms with E-state index in [2.05, 4.69) is 47.4 Å². The minimum atomic E-state index is 0.273. The van der Waals surface area contributed by atoms with Crippen molar-refractivity contribution in [1.82, 2.24) is 4.90 Å². The Morgan fingerprint density at radius 1 is 0.950 bits per heavy atom. The molecule has 2 aliphatic rings. The van der Waals surface area contributed by atoms with E-state index < -0.39 is 0 Å². The lowest BCUT2D eigenvalue weighted by molar-refractivity contribution is 0.121. The maximum atomic E-state index is 6.52. The zero-order chi connectivity index (χ0) is 13.5. The number of rotatable bonds is 2. The van der Waals surface area contributed by atoms with E-state index in [0.717, 1.165) is 12.5 Å². The Labute approximate surface area is 120 Å². The number of likely N-dealkylation sites (tertiary alicyclic amines) is 1. The number of nitrogens with two attached hydrogens (primary N) is 1. The molecule has 2 nitrogen and oxygen atoms in total. The van der Waals surface area contributed by atoms with Crippen molar-refractivity contribution in [1.29, 1.82) is 0 Å². The molecule has 104 valence electrons. The molecule has 1 saturated heterocycles. The maximum Gasteiger partial charge on any atom is 0.0508 e. The Kier molecular flexibility index (Phi) is 3.01. The molecule has 2 N–H and O–H groups in total. The summed E-state index contributed by atoms with van der Waals surface area (Å²) in [6, 6.07) is 16.8. The second-order valence-electron chi connectivity index (χ2n) is 6.29. The molecule has 2 unspecified atom stereocenters. The lowest BCUT2D eigenvalue weighted by atomic mass is 9.88. The van der Waals surface area contributed by atoms with Gasteiger partial charge in [-0.05, 0) is 48.6 Å². The van der Waals surface area contributed by atoms with Crippen molar-refractivity contribution in [2.24, 2.45) is 5.73 Å². The molecule has 2 aromatic rings. The van der Waals surface area contributed by atoms with Crippen LogP contribution in [-0.2, 0) is 0 Å². The minimum Gasteiger partial charge on any atom is -0.326 e. The van der Waals surface area contributed by atoms with E-state index in [9.17, 15) is 0 Å². The van der Waals surface area contributed by atoms with Gasteiger partial charge in [0.25, 0.3) is 0 Å². The first-order chi connectivity index (χ1) is 9.84. The third kappa shape index (κ3) is 2.04. The van der Waals surface area contributed by atoms with Crippen LogP contribution in [0.4, 0.5) is 0 Å². The van der Waals surface area contributed by atoms with E-state index in [4.69, 9.17) is 5.73 Å². The van der Waals surface area contributed by atoms with Crippen LogP contribution in [0, 0.1) is 0 Å². The van der Waals surface area contributed by atoms with Gasteiger partial charge in [0.05, 0.1) is 6.04 Å². The van der Waals surface area contributed by atoms with Crippen LogP contribution in [-0.4, -0.2) is 23.5 Å². The van der Waals surface area contributed by atoms with Gasteiger partial charge in [-0.1, -0.05) is 42.5 Å². The zero-order valence-corrected chi connectivity index (χ0v) is 11.8. The van der Waals surface area contributed by atoms with E-state index in [1.54, 1.807) is 0 Å². The molecule has 2 heteroatoms. The Hall–Kier alpha value is -1.38. The predicted molar refractivity (Wildman–Crippen MR) is 83.6 cm³/mol. The van der Waals surface area contributed by atoms with Gasteiger partial charge in [0, 0.05) is 12.1 Å². The van der Waals surface area contributed by atoms with Crippen molar-refractivity contribution < 1.29 is 0 Å². The van der Waals surface area contributed by atoms with Crippen LogP contribution in [0.15, 0.2) is 42.5 Å². The van der Waals surface area contributed by atoms with Crippen LogP contribution in [0.1, 0.15) is 37.3 Å². The molecule has 0 amide bonds. The van der Waals surface area contributed by atoms with E-state index in [0.29, 0.717) is 6.04 Å². The second kappa shape index (κ2) is 4.87. The monoisotopic (exact) mass is 266 g/mol. The SMILES string of the molecule is NC1CCCN(C2CC2)C1c1cccc2ccccc12. The van der Waals surface area contributed by atoms with Gasteiger partial charge in [0.1, 0.15) is 0 Å². The molecule has 1 aliphatic carbocycles. The molecule has 2 fully saturated rings. The zero-order valence-electron chi connectivity index (χ0n) is 11.8. The predicted octanol–water partition coefficient (Wildman–Crippen LogP) is 3.47. The van der Waals surface area contributed by atoms with Crippen LogP contribution in [0.5, 0.6) is 0 Å². The normalized spacial score (nSPS) is 27.9. The summed E-state index contributed by atoms with van der Waals surface area (Å²) in [7, 11) is 0. The number of hydrogen-bond donors (Lipinski definition) is 1. The maximum absolute atomic E-state index is 6.52. The van der Waals surface area contributed by atoms with Crippen molar-refractivity contribution in [2.75, 3.05) is 6.54 Å². The van der Waals surface area contributed by atoms with Crippen molar-refractivity contribution in [2.45, 2.75) is 43.8 Å². The lowest BCUT2D eigenvalue weighted by Crippen LogP contribution is -2.46. The molecule has 2 atom stereocenters. The first-order valence-corrected chi connectivity index (χ1v) is 7.83. The number of piperidine rings is 1. The van der Waals surface area contributed by atoms with Crippen molar-refractivity contribution in [3.63, 3.8) is 0 Å². The molecule has 1 saturated carbocycles. The van der Waals surface area contributed by atoms with Gasteiger partial charge in [0.2, 0.25) is 0 Å². The summed E-state index contributed by atoms with van der Waals surface area (Å²) in [5.74, 6) is 0. The van der Waals surface area contributed by atoms with Crippen LogP contribution >= 0.6 is 0 Å². The largest absolute Gasteiger partial charge is 0.326 e. The fraction of sp³-hybridized carbons (Fsp3) is 0.444. The highest BCUT2D eigenvalue weighted by Gasteiger charge is 2.39. The molecule has 0 radical (unpaired) electrons. The summed E-state index contributed by atoms with van der Waals surface area (Å²) in [6.45, 7) is 1.21. The molecular formula is C18H22N2. The molecule has 1 heterocycles. The van der Waals surface area contributed by atoms with E-state index in [1.807, 2.05) is 0 Å². The second-order valence-corrected chi connectivity index (χ2v) is 6.29. The third-order valence-electron chi connectivity index (χ3n) is 4.87. The fourth-order valence-corrected chi connectivity index (χ4v) is 3.79. The van der Waals surface area contributed by atoms with Crippen LogP contribution in [0.25, 0.3) is 10.8 Å².